The Bertz CT molecular complexity index is 454. The van der Waals surface area contributed by atoms with Gasteiger partial charge in [-0.1, -0.05) is 59.8 Å². The van der Waals surface area contributed by atoms with Crippen LogP contribution in [0.4, 0.5) is 0 Å². The lowest BCUT2D eigenvalue weighted by Crippen LogP contribution is -2.42. The second kappa shape index (κ2) is 10.2. The van der Waals surface area contributed by atoms with Gasteiger partial charge in [-0.05, 0) is 25.2 Å². The minimum Gasteiger partial charge on any atom is -0.388 e. The molecule has 0 amide bonds. The second-order valence-corrected chi connectivity index (χ2v) is 8.04. The van der Waals surface area contributed by atoms with Gasteiger partial charge in [0.1, 0.15) is 11.9 Å². The van der Waals surface area contributed by atoms with Gasteiger partial charge in [0.25, 0.3) is 0 Å². The maximum Gasteiger partial charge on any atom is 0.108 e. The molecule has 0 saturated carbocycles. The van der Waals surface area contributed by atoms with E-state index in [1.165, 1.54) is 19.3 Å². The molecule has 4 nitrogen and oxygen atoms in total. The molecule has 0 aliphatic carbocycles. The van der Waals surface area contributed by atoms with Gasteiger partial charge in [-0.15, -0.1) is 0 Å². The van der Waals surface area contributed by atoms with Crippen LogP contribution in [0.3, 0.4) is 0 Å². The van der Waals surface area contributed by atoms with Gasteiger partial charge in [-0.2, -0.15) is 0 Å². The van der Waals surface area contributed by atoms with Crippen LogP contribution < -0.4 is 0 Å². The Labute approximate surface area is 148 Å². The first-order chi connectivity index (χ1) is 11.3. The summed E-state index contributed by atoms with van der Waals surface area (Å²) in [5.74, 6) is 2.42. The minimum atomic E-state index is -1.05. The van der Waals surface area contributed by atoms with E-state index in [0.717, 1.165) is 31.0 Å². The molecule has 0 radical (unpaired) electrons. The van der Waals surface area contributed by atoms with Crippen molar-refractivity contribution in [1.82, 2.24) is 9.55 Å². The average Bonchev–Trinajstić information content (AvgIpc) is 2.93. The highest BCUT2D eigenvalue weighted by Crippen LogP contribution is 2.24. The lowest BCUT2D eigenvalue weighted by atomic mass is 9.89. The summed E-state index contributed by atoms with van der Waals surface area (Å²) in [6.45, 7) is 11.0. The molecule has 0 aliphatic rings. The molecule has 3 unspecified atom stereocenters. The zero-order valence-corrected chi connectivity index (χ0v) is 16.3. The van der Waals surface area contributed by atoms with E-state index in [2.05, 4.69) is 25.8 Å². The van der Waals surface area contributed by atoms with Gasteiger partial charge < -0.3 is 14.8 Å². The van der Waals surface area contributed by atoms with Gasteiger partial charge in [0, 0.05) is 18.8 Å². The number of aliphatic hydroxyl groups excluding tert-OH is 1. The molecular formula is C20H38N2O2. The van der Waals surface area contributed by atoms with E-state index in [-0.39, 0.29) is 0 Å². The van der Waals surface area contributed by atoms with Gasteiger partial charge in [-0.25, -0.2) is 4.98 Å². The first-order valence-electron chi connectivity index (χ1n) is 9.66. The van der Waals surface area contributed by atoms with Crippen molar-refractivity contribution >= 4 is 0 Å². The van der Waals surface area contributed by atoms with E-state index in [1.807, 2.05) is 17.7 Å². The fourth-order valence-electron chi connectivity index (χ4n) is 3.20. The molecule has 4 heteroatoms. The highest BCUT2D eigenvalue weighted by molar-refractivity contribution is 4.94. The van der Waals surface area contributed by atoms with Crippen molar-refractivity contribution in [2.75, 3.05) is 0 Å². The Morgan fingerprint density at radius 1 is 1.17 bits per heavy atom. The van der Waals surface area contributed by atoms with Crippen LogP contribution in [0.25, 0.3) is 0 Å². The minimum absolute atomic E-state index is 0.403. The quantitative estimate of drug-likeness (QED) is 0.601. The number of imidazole rings is 1. The number of aryl methyl sites for hydroxylation is 1. The molecule has 0 saturated heterocycles. The fourth-order valence-corrected chi connectivity index (χ4v) is 3.20. The summed E-state index contributed by atoms with van der Waals surface area (Å²) in [4.78, 5) is 4.27. The van der Waals surface area contributed by atoms with Crippen molar-refractivity contribution in [1.29, 1.82) is 0 Å². The third-order valence-electron chi connectivity index (χ3n) is 5.06. The number of rotatable bonds is 12. The highest BCUT2D eigenvalue weighted by Gasteiger charge is 2.30. The summed E-state index contributed by atoms with van der Waals surface area (Å²) in [5, 5.41) is 21.1. The molecule has 1 heterocycles. The predicted octanol–water partition coefficient (Wildman–Crippen LogP) is 4.19. The number of aliphatic hydroxyl groups is 2. The van der Waals surface area contributed by atoms with Crippen molar-refractivity contribution in [2.45, 2.75) is 97.8 Å². The second-order valence-electron chi connectivity index (χ2n) is 8.04. The number of hydrogen-bond acceptors (Lipinski definition) is 3. The van der Waals surface area contributed by atoms with Crippen LogP contribution in [0.15, 0.2) is 12.4 Å². The van der Waals surface area contributed by atoms with Crippen LogP contribution in [0.2, 0.25) is 0 Å². The van der Waals surface area contributed by atoms with Crippen molar-refractivity contribution in [3.63, 3.8) is 0 Å². The summed E-state index contributed by atoms with van der Waals surface area (Å²) in [6, 6.07) is 0. The first kappa shape index (κ1) is 21.2. The van der Waals surface area contributed by atoms with E-state index >= 15 is 0 Å². The molecule has 0 fully saturated rings. The monoisotopic (exact) mass is 338 g/mol. The number of hydrogen-bond donors (Lipinski definition) is 2. The van der Waals surface area contributed by atoms with Gasteiger partial charge in [0.2, 0.25) is 0 Å². The van der Waals surface area contributed by atoms with E-state index in [1.54, 1.807) is 13.1 Å². The first-order valence-corrected chi connectivity index (χ1v) is 9.66. The zero-order valence-electron chi connectivity index (χ0n) is 16.3. The lowest BCUT2D eigenvalue weighted by molar-refractivity contribution is -0.0755. The smallest absolute Gasteiger partial charge is 0.108 e. The summed E-state index contributed by atoms with van der Waals surface area (Å²) in [6.07, 6.45) is 10.2. The van der Waals surface area contributed by atoms with Crippen LogP contribution >= 0.6 is 0 Å². The van der Waals surface area contributed by atoms with Gasteiger partial charge in [0.05, 0.1) is 12.1 Å². The Morgan fingerprint density at radius 2 is 1.83 bits per heavy atom. The average molecular weight is 339 g/mol. The van der Waals surface area contributed by atoms with Crippen LogP contribution in [0.5, 0.6) is 0 Å². The van der Waals surface area contributed by atoms with Crippen molar-refractivity contribution in [2.24, 2.45) is 11.8 Å². The summed E-state index contributed by atoms with van der Waals surface area (Å²) >= 11 is 0. The van der Waals surface area contributed by atoms with Crippen molar-refractivity contribution < 1.29 is 10.2 Å². The Balaban J connectivity index is 2.34. The van der Waals surface area contributed by atoms with Gasteiger partial charge in [-0.3, -0.25) is 0 Å². The molecule has 0 aliphatic heterocycles. The third kappa shape index (κ3) is 7.35. The largest absolute Gasteiger partial charge is 0.388 e. The molecular weight excluding hydrogens is 300 g/mol. The van der Waals surface area contributed by atoms with Crippen LogP contribution in [0, 0.1) is 11.8 Å². The van der Waals surface area contributed by atoms with E-state index in [4.69, 9.17) is 0 Å². The molecule has 1 rings (SSSR count). The molecule has 0 aromatic carbocycles. The molecule has 1 aromatic rings. The lowest BCUT2D eigenvalue weighted by Gasteiger charge is -2.30. The maximum atomic E-state index is 10.6. The fraction of sp³-hybridized carbons (Fsp3) is 0.850. The Kier molecular flexibility index (Phi) is 8.99. The predicted molar refractivity (Wildman–Crippen MR) is 99.9 cm³/mol. The van der Waals surface area contributed by atoms with Crippen LogP contribution in [-0.2, 0) is 13.0 Å². The SMILES string of the molecule is CCc1nccn1CC(O)C(C)(O)CCCC(C)CCCC(C)C. The van der Waals surface area contributed by atoms with E-state index < -0.39 is 11.7 Å². The summed E-state index contributed by atoms with van der Waals surface area (Å²) in [5.41, 5.74) is -1.05. The molecule has 1 aromatic heterocycles. The topological polar surface area (TPSA) is 58.3 Å². The Morgan fingerprint density at radius 3 is 2.46 bits per heavy atom. The maximum absolute atomic E-state index is 10.6. The highest BCUT2D eigenvalue weighted by atomic mass is 16.3. The van der Waals surface area contributed by atoms with Crippen LogP contribution in [-0.4, -0.2) is 31.5 Å². The van der Waals surface area contributed by atoms with Crippen LogP contribution in [0.1, 0.15) is 79.0 Å². The zero-order chi connectivity index (χ0) is 18.2. The van der Waals surface area contributed by atoms with Gasteiger partial charge >= 0.3 is 0 Å². The standard InChI is InChI=1S/C20H38N2O2/c1-6-19-21-13-14-22(19)15-18(23)20(5,24)12-8-11-17(4)10-7-9-16(2)3/h13-14,16-18,23-24H,6-12,15H2,1-5H3. The van der Waals surface area contributed by atoms with Crippen molar-refractivity contribution in [3.8, 4) is 0 Å². The van der Waals surface area contributed by atoms with Crippen molar-refractivity contribution in [3.05, 3.63) is 18.2 Å². The molecule has 2 N–H and O–H groups in total. The molecule has 0 spiro atoms. The normalized spacial score (nSPS) is 17.0. The molecule has 0 bridgehead atoms. The molecule has 24 heavy (non-hydrogen) atoms. The molecule has 3 atom stereocenters. The van der Waals surface area contributed by atoms with E-state index in [0.29, 0.717) is 18.9 Å². The van der Waals surface area contributed by atoms with E-state index in [9.17, 15) is 10.2 Å². The molecule has 140 valence electrons. The summed E-state index contributed by atoms with van der Waals surface area (Å²) in [7, 11) is 0. The number of nitrogens with zero attached hydrogens (tertiary/aromatic N) is 2. The third-order valence-corrected chi connectivity index (χ3v) is 5.06. The Hall–Kier alpha value is -0.870. The van der Waals surface area contributed by atoms with Gasteiger partial charge in [0.15, 0.2) is 0 Å². The summed E-state index contributed by atoms with van der Waals surface area (Å²) < 4.78 is 1.94. The number of aromatic nitrogens is 2.